The molecule has 1 aromatic rings. The Kier molecular flexibility index (Phi) is 3.59. The minimum Gasteiger partial charge on any atom is -0.382 e. The van der Waals surface area contributed by atoms with Gasteiger partial charge in [-0.1, -0.05) is 0 Å². The van der Waals surface area contributed by atoms with E-state index in [-0.39, 0.29) is 5.82 Å². The quantitative estimate of drug-likeness (QED) is 0.633. The second kappa shape index (κ2) is 5.15. The molecule has 1 aliphatic rings. The predicted octanol–water partition coefficient (Wildman–Crippen LogP) is 1.63. The van der Waals surface area contributed by atoms with Crippen LogP contribution in [-0.4, -0.2) is 28.5 Å². The number of nitrogens with two attached hydrogens (primary N) is 1. The van der Waals surface area contributed by atoms with Crippen molar-refractivity contribution in [3.63, 3.8) is 0 Å². The van der Waals surface area contributed by atoms with Gasteiger partial charge in [0.2, 0.25) is 0 Å². The van der Waals surface area contributed by atoms with Gasteiger partial charge in [0.05, 0.1) is 5.71 Å². The van der Waals surface area contributed by atoms with E-state index in [0.717, 1.165) is 31.5 Å². The fraction of sp³-hybridized carbons (Fsp3) is 0.455. The molecule has 0 bridgehead atoms. The second-order valence-electron chi connectivity index (χ2n) is 3.71. The molecule has 5 nitrogen and oxygen atoms in total. The number of aromatic nitrogens is 2. The van der Waals surface area contributed by atoms with E-state index in [4.69, 9.17) is 11.0 Å². The standard InChI is InChI=1S/C11H13N5S/c1-17-11-7(6-12)9(13)15-10(16-11)8-4-2-3-5-14-8/h2-5H2,1H3,(H2,13,15,16). The van der Waals surface area contributed by atoms with Crippen LogP contribution in [0.15, 0.2) is 10.0 Å². The third kappa shape index (κ3) is 2.39. The zero-order chi connectivity index (χ0) is 12.3. The number of nitrogen functional groups attached to an aromatic ring is 1. The summed E-state index contributed by atoms with van der Waals surface area (Å²) >= 11 is 1.40. The first kappa shape index (κ1) is 11.9. The van der Waals surface area contributed by atoms with E-state index >= 15 is 0 Å². The van der Waals surface area contributed by atoms with Crippen molar-refractivity contribution < 1.29 is 0 Å². The van der Waals surface area contributed by atoms with Gasteiger partial charge in [0.1, 0.15) is 22.5 Å². The minimum absolute atomic E-state index is 0.245. The number of nitriles is 1. The highest BCUT2D eigenvalue weighted by molar-refractivity contribution is 7.98. The molecule has 2 heterocycles. The molecule has 0 saturated carbocycles. The summed E-state index contributed by atoms with van der Waals surface area (Å²) in [6.45, 7) is 0.827. The molecule has 1 aliphatic heterocycles. The fourth-order valence-electron chi connectivity index (χ4n) is 1.72. The molecule has 2 rings (SSSR count). The van der Waals surface area contributed by atoms with Crippen LogP contribution >= 0.6 is 11.8 Å². The molecular formula is C11H13N5S. The molecule has 0 radical (unpaired) electrons. The maximum absolute atomic E-state index is 8.98. The molecule has 6 heteroatoms. The summed E-state index contributed by atoms with van der Waals surface area (Å²) in [6, 6.07) is 2.03. The van der Waals surface area contributed by atoms with Gasteiger partial charge in [-0.2, -0.15) is 5.26 Å². The Morgan fingerprint density at radius 3 is 2.76 bits per heavy atom. The molecule has 0 amide bonds. The SMILES string of the molecule is CSc1nc(C2=NCCCC2)nc(N)c1C#N. The van der Waals surface area contributed by atoms with Gasteiger partial charge in [0.15, 0.2) is 5.82 Å². The highest BCUT2D eigenvalue weighted by Crippen LogP contribution is 2.22. The topological polar surface area (TPSA) is 87.9 Å². The van der Waals surface area contributed by atoms with E-state index in [0.29, 0.717) is 16.4 Å². The predicted molar refractivity (Wildman–Crippen MR) is 68.2 cm³/mol. The van der Waals surface area contributed by atoms with Crippen LogP contribution in [0, 0.1) is 11.3 Å². The first-order chi connectivity index (χ1) is 8.26. The molecule has 0 unspecified atom stereocenters. The number of hydrogen-bond acceptors (Lipinski definition) is 6. The average Bonchev–Trinajstić information content (AvgIpc) is 2.38. The van der Waals surface area contributed by atoms with Crippen molar-refractivity contribution >= 4 is 23.3 Å². The van der Waals surface area contributed by atoms with Crippen LogP contribution in [0.25, 0.3) is 0 Å². The molecule has 0 aliphatic carbocycles. The lowest BCUT2D eigenvalue weighted by atomic mass is 10.1. The summed E-state index contributed by atoms with van der Waals surface area (Å²) in [4.78, 5) is 13.0. The molecule has 0 saturated heterocycles. The van der Waals surface area contributed by atoms with Gasteiger partial charge < -0.3 is 5.73 Å². The Labute approximate surface area is 104 Å². The number of anilines is 1. The summed E-state index contributed by atoms with van der Waals surface area (Å²) in [6.07, 6.45) is 4.98. The smallest absolute Gasteiger partial charge is 0.176 e. The van der Waals surface area contributed by atoms with Gasteiger partial charge in [-0.05, 0) is 25.5 Å². The first-order valence-corrected chi connectivity index (χ1v) is 6.64. The molecule has 0 fully saturated rings. The lowest BCUT2D eigenvalue weighted by Gasteiger charge is -2.12. The van der Waals surface area contributed by atoms with Crippen molar-refractivity contribution in [2.45, 2.75) is 24.3 Å². The fourth-order valence-corrected chi connectivity index (χ4v) is 2.25. The largest absolute Gasteiger partial charge is 0.382 e. The van der Waals surface area contributed by atoms with Crippen molar-refractivity contribution in [1.29, 1.82) is 5.26 Å². The van der Waals surface area contributed by atoms with Gasteiger partial charge in [0, 0.05) is 6.54 Å². The number of nitrogens with zero attached hydrogens (tertiary/aromatic N) is 4. The third-order valence-corrected chi connectivity index (χ3v) is 3.27. The Balaban J connectivity index is 2.47. The zero-order valence-corrected chi connectivity index (χ0v) is 10.4. The summed E-state index contributed by atoms with van der Waals surface area (Å²) in [7, 11) is 0. The Morgan fingerprint density at radius 1 is 1.35 bits per heavy atom. The van der Waals surface area contributed by atoms with Crippen LogP contribution in [0.3, 0.4) is 0 Å². The summed E-state index contributed by atoms with van der Waals surface area (Å²) < 4.78 is 0. The molecule has 2 N–H and O–H groups in total. The Morgan fingerprint density at radius 2 is 2.18 bits per heavy atom. The Hall–Kier alpha value is -1.61. The monoisotopic (exact) mass is 247 g/mol. The maximum atomic E-state index is 8.98. The van der Waals surface area contributed by atoms with Crippen LogP contribution in [0.1, 0.15) is 30.7 Å². The number of aliphatic imine (C=N–C) groups is 1. The lowest BCUT2D eigenvalue weighted by Crippen LogP contribution is -2.14. The molecule has 0 aromatic carbocycles. The molecule has 88 valence electrons. The first-order valence-electron chi connectivity index (χ1n) is 5.41. The Bertz CT molecular complexity index is 503. The van der Waals surface area contributed by atoms with Crippen LogP contribution in [0.2, 0.25) is 0 Å². The van der Waals surface area contributed by atoms with E-state index in [2.05, 4.69) is 15.0 Å². The van der Waals surface area contributed by atoms with E-state index in [9.17, 15) is 0 Å². The normalized spacial score (nSPS) is 15.2. The van der Waals surface area contributed by atoms with Gasteiger partial charge >= 0.3 is 0 Å². The van der Waals surface area contributed by atoms with Crippen molar-refractivity contribution in [3.05, 3.63) is 11.4 Å². The number of hydrogen-bond donors (Lipinski definition) is 1. The van der Waals surface area contributed by atoms with E-state index in [1.54, 1.807) is 0 Å². The van der Waals surface area contributed by atoms with Crippen molar-refractivity contribution in [2.75, 3.05) is 18.5 Å². The van der Waals surface area contributed by atoms with Gasteiger partial charge in [-0.25, -0.2) is 9.97 Å². The molecule has 1 aromatic heterocycles. The maximum Gasteiger partial charge on any atom is 0.176 e. The zero-order valence-electron chi connectivity index (χ0n) is 9.60. The molecular weight excluding hydrogens is 234 g/mol. The summed E-state index contributed by atoms with van der Waals surface area (Å²) in [5.41, 5.74) is 7.04. The van der Waals surface area contributed by atoms with E-state index < -0.39 is 0 Å². The van der Waals surface area contributed by atoms with Crippen LogP contribution in [0.4, 0.5) is 5.82 Å². The number of thioether (sulfide) groups is 1. The number of rotatable bonds is 2. The van der Waals surface area contributed by atoms with Gasteiger partial charge in [-0.15, -0.1) is 11.8 Å². The van der Waals surface area contributed by atoms with Crippen LogP contribution in [-0.2, 0) is 0 Å². The molecule has 0 atom stereocenters. The summed E-state index contributed by atoms with van der Waals surface area (Å²) in [5.74, 6) is 0.820. The minimum atomic E-state index is 0.245. The van der Waals surface area contributed by atoms with E-state index in [1.165, 1.54) is 11.8 Å². The van der Waals surface area contributed by atoms with Gasteiger partial charge in [0.25, 0.3) is 0 Å². The van der Waals surface area contributed by atoms with Crippen LogP contribution < -0.4 is 5.73 Å². The average molecular weight is 247 g/mol. The van der Waals surface area contributed by atoms with Crippen molar-refractivity contribution in [3.8, 4) is 6.07 Å². The van der Waals surface area contributed by atoms with E-state index in [1.807, 2.05) is 12.3 Å². The molecule has 17 heavy (non-hydrogen) atoms. The second-order valence-corrected chi connectivity index (χ2v) is 4.51. The lowest BCUT2D eigenvalue weighted by molar-refractivity contribution is 0.733. The van der Waals surface area contributed by atoms with Crippen molar-refractivity contribution in [1.82, 2.24) is 9.97 Å². The van der Waals surface area contributed by atoms with Crippen LogP contribution in [0.5, 0.6) is 0 Å². The molecule has 0 spiro atoms. The highest BCUT2D eigenvalue weighted by atomic mass is 32.2. The summed E-state index contributed by atoms with van der Waals surface area (Å²) in [5, 5.41) is 9.61. The van der Waals surface area contributed by atoms with Crippen molar-refractivity contribution in [2.24, 2.45) is 4.99 Å². The highest BCUT2D eigenvalue weighted by Gasteiger charge is 2.16. The van der Waals surface area contributed by atoms with Gasteiger partial charge in [-0.3, -0.25) is 4.99 Å². The third-order valence-electron chi connectivity index (χ3n) is 2.59.